The van der Waals surface area contributed by atoms with Crippen molar-refractivity contribution in [2.45, 2.75) is 19.3 Å². The third-order valence-corrected chi connectivity index (χ3v) is 14.1. The van der Waals surface area contributed by atoms with Crippen molar-refractivity contribution in [3.8, 4) is 44.5 Å². The molecule has 0 heterocycles. The maximum atomic E-state index is 15.3. The predicted octanol–water partition coefficient (Wildman–Crippen LogP) is 11.3. The molecule has 0 unspecified atom stereocenters. The van der Waals surface area contributed by atoms with Gasteiger partial charge in [0.25, 0.3) is 0 Å². The van der Waals surface area contributed by atoms with Crippen molar-refractivity contribution in [3.63, 3.8) is 0 Å². The van der Waals surface area contributed by atoms with Gasteiger partial charge in [0.2, 0.25) is 0 Å². The van der Waals surface area contributed by atoms with E-state index < -0.39 is 7.14 Å². The van der Waals surface area contributed by atoms with Gasteiger partial charge in [0, 0.05) is 21.3 Å². The fourth-order valence-electron chi connectivity index (χ4n) is 8.61. The molecule has 0 fully saturated rings. The average molecular weight is 645 g/mol. The normalized spacial score (nSPS) is 13.8. The van der Waals surface area contributed by atoms with Crippen molar-refractivity contribution in [1.29, 1.82) is 0 Å². The molecule has 0 saturated heterocycles. The second-order valence-electron chi connectivity index (χ2n) is 14.0. The quantitative estimate of drug-likeness (QED) is 0.174. The molecular formula is C47H33OP. The Bertz CT molecular complexity index is 2610. The van der Waals surface area contributed by atoms with Crippen LogP contribution in [-0.4, -0.2) is 0 Å². The molecule has 8 aromatic carbocycles. The molecule has 49 heavy (non-hydrogen) atoms. The highest BCUT2D eigenvalue weighted by Crippen LogP contribution is 2.54. The number of fused-ring (bicyclic) bond motifs is 7. The molecule has 0 atom stereocenters. The van der Waals surface area contributed by atoms with Gasteiger partial charge in [0.1, 0.15) is 0 Å². The van der Waals surface area contributed by atoms with E-state index in [1.165, 1.54) is 77.2 Å². The number of rotatable bonds is 4. The van der Waals surface area contributed by atoms with Crippen molar-refractivity contribution >= 4 is 44.6 Å². The Balaban J connectivity index is 1.10. The van der Waals surface area contributed by atoms with E-state index in [2.05, 4.69) is 117 Å². The molecule has 8 aromatic rings. The van der Waals surface area contributed by atoms with Crippen molar-refractivity contribution in [1.82, 2.24) is 0 Å². The van der Waals surface area contributed by atoms with Gasteiger partial charge in [-0.3, -0.25) is 0 Å². The van der Waals surface area contributed by atoms with E-state index in [9.17, 15) is 0 Å². The van der Waals surface area contributed by atoms with E-state index in [1.807, 2.05) is 60.7 Å². The Labute approximate surface area is 286 Å². The highest BCUT2D eigenvalue weighted by Gasteiger charge is 2.38. The molecule has 10 rings (SSSR count). The summed E-state index contributed by atoms with van der Waals surface area (Å²) in [5, 5.41) is 7.79. The molecule has 0 amide bonds. The summed E-state index contributed by atoms with van der Waals surface area (Å²) in [5.41, 5.74) is 12.5. The first-order chi connectivity index (χ1) is 23.9. The van der Waals surface area contributed by atoms with Crippen LogP contribution in [0.3, 0.4) is 0 Å². The SMILES string of the molecule is CC1(C)c2cc(-c3ccc4c5c(cccc35)-c3cc5ccccc5cc3-4)ccc2-c2ccc(P(=O)(c3ccccc3)c3ccccc3)cc21. The topological polar surface area (TPSA) is 17.1 Å². The second-order valence-corrected chi connectivity index (χ2v) is 16.8. The zero-order chi connectivity index (χ0) is 32.9. The lowest BCUT2D eigenvalue weighted by atomic mass is 9.81. The fourth-order valence-corrected chi connectivity index (χ4v) is 11.3. The van der Waals surface area contributed by atoms with Gasteiger partial charge >= 0.3 is 0 Å². The minimum Gasteiger partial charge on any atom is -0.309 e. The van der Waals surface area contributed by atoms with Crippen LogP contribution in [0.2, 0.25) is 0 Å². The molecule has 232 valence electrons. The van der Waals surface area contributed by atoms with Gasteiger partial charge < -0.3 is 4.57 Å². The fraction of sp³-hybridized carbons (Fsp3) is 0.0638. The summed E-state index contributed by atoms with van der Waals surface area (Å²) in [5.74, 6) is 0. The van der Waals surface area contributed by atoms with Gasteiger partial charge in [0.05, 0.1) is 0 Å². The Morgan fingerprint density at radius 3 is 1.59 bits per heavy atom. The molecule has 2 aliphatic carbocycles. The molecule has 0 bridgehead atoms. The zero-order valence-corrected chi connectivity index (χ0v) is 28.3. The first-order valence-electron chi connectivity index (χ1n) is 17.0. The van der Waals surface area contributed by atoms with Crippen molar-refractivity contribution < 1.29 is 4.57 Å². The minimum absolute atomic E-state index is 0.264. The Morgan fingerprint density at radius 1 is 0.408 bits per heavy atom. The zero-order valence-electron chi connectivity index (χ0n) is 27.4. The number of hydrogen-bond acceptors (Lipinski definition) is 1. The summed E-state index contributed by atoms with van der Waals surface area (Å²) >= 11 is 0. The second kappa shape index (κ2) is 10.3. The Kier molecular flexibility index (Phi) is 5.97. The summed E-state index contributed by atoms with van der Waals surface area (Å²) < 4.78 is 15.3. The number of hydrogen-bond donors (Lipinski definition) is 0. The molecule has 0 saturated carbocycles. The highest BCUT2D eigenvalue weighted by atomic mass is 31.2. The predicted molar refractivity (Wildman–Crippen MR) is 208 cm³/mol. The van der Waals surface area contributed by atoms with Crippen LogP contribution in [0.15, 0.2) is 164 Å². The molecule has 0 spiro atoms. The van der Waals surface area contributed by atoms with E-state index in [4.69, 9.17) is 0 Å². The molecule has 0 aliphatic heterocycles. The van der Waals surface area contributed by atoms with Crippen molar-refractivity contribution in [3.05, 3.63) is 175 Å². The maximum Gasteiger partial charge on any atom is 0.171 e. The van der Waals surface area contributed by atoms with Crippen LogP contribution < -0.4 is 15.9 Å². The van der Waals surface area contributed by atoms with Crippen molar-refractivity contribution in [2.24, 2.45) is 0 Å². The summed E-state index contributed by atoms with van der Waals surface area (Å²) in [6, 6.07) is 58.3. The van der Waals surface area contributed by atoms with Crippen LogP contribution >= 0.6 is 7.14 Å². The third kappa shape index (κ3) is 3.97. The molecule has 0 aromatic heterocycles. The van der Waals surface area contributed by atoms with Gasteiger partial charge in [-0.1, -0.05) is 153 Å². The van der Waals surface area contributed by atoms with Gasteiger partial charge in [-0.2, -0.15) is 0 Å². The monoisotopic (exact) mass is 644 g/mol. The minimum atomic E-state index is -3.09. The van der Waals surface area contributed by atoms with Crippen LogP contribution in [0.25, 0.3) is 66.1 Å². The lowest BCUT2D eigenvalue weighted by molar-refractivity contribution is 0.592. The Hall–Kier alpha value is -5.49. The molecule has 2 heteroatoms. The summed E-state index contributed by atoms with van der Waals surface area (Å²) in [7, 11) is -3.09. The lowest BCUT2D eigenvalue weighted by Gasteiger charge is -2.25. The summed E-state index contributed by atoms with van der Waals surface area (Å²) in [6.07, 6.45) is 0. The van der Waals surface area contributed by atoms with Gasteiger partial charge in [-0.15, -0.1) is 0 Å². The molecule has 1 nitrogen and oxygen atoms in total. The van der Waals surface area contributed by atoms with Gasteiger partial charge in [0.15, 0.2) is 7.14 Å². The first kappa shape index (κ1) is 28.5. The van der Waals surface area contributed by atoms with Crippen LogP contribution in [0.5, 0.6) is 0 Å². The maximum absolute atomic E-state index is 15.3. The van der Waals surface area contributed by atoms with E-state index >= 15 is 4.57 Å². The third-order valence-electron chi connectivity index (χ3n) is 11.1. The van der Waals surface area contributed by atoms with Crippen LogP contribution in [0.1, 0.15) is 25.0 Å². The van der Waals surface area contributed by atoms with E-state index in [1.54, 1.807) is 0 Å². The number of benzene rings is 8. The summed E-state index contributed by atoms with van der Waals surface area (Å²) in [4.78, 5) is 0. The Morgan fingerprint density at radius 2 is 0.939 bits per heavy atom. The standard InChI is InChI=1S/C47H33OP/c1-47(2)44-28-32(36-24-25-41-43-27-31-13-10-9-12-30(31)26-42(43)40-19-11-18-39(36)46(40)41)20-22-37(44)38-23-21-35(29-45(38)47)49(48,33-14-5-3-6-15-33)34-16-7-4-8-17-34/h3-29H,1-2H3. The lowest BCUT2D eigenvalue weighted by Crippen LogP contribution is -2.26. The highest BCUT2D eigenvalue weighted by molar-refractivity contribution is 7.85. The van der Waals surface area contributed by atoms with Gasteiger partial charge in [-0.25, -0.2) is 0 Å². The van der Waals surface area contributed by atoms with E-state index in [-0.39, 0.29) is 5.41 Å². The van der Waals surface area contributed by atoms with Crippen LogP contribution in [-0.2, 0) is 9.98 Å². The summed E-state index contributed by atoms with van der Waals surface area (Å²) in [6.45, 7) is 4.63. The van der Waals surface area contributed by atoms with Crippen LogP contribution in [0, 0.1) is 0 Å². The van der Waals surface area contributed by atoms with Gasteiger partial charge in [-0.05, 0) is 101 Å². The smallest absolute Gasteiger partial charge is 0.171 e. The van der Waals surface area contributed by atoms with Crippen LogP contribution in [0.4, 0.5) is 0 Å². The first-order valence-corrected chi connectivity index (χ1v) is 18.7. The van der Waals surface area contributed by atoms with E-state index in [0.29, 0.717) is 0 Å². The largest absolute Gasteiger partial charge is 0.309 e. The molecule has 0 N–H and O–H groups in total. The van der Waals surface area contributed by atoms with Crippen molar-refractivity contribution in [2.75, 3.05) is 0 Å². The molecular weight excluding hydrogens is 611 g/mol. The van der Waals surface area contributed by atoms with E-state index in [0.717, 1.165) is 15.9 Å². The average Bonchev–Trinajstić information content (AvgIpc) is 3.59. The molecule has 2 aliphatic rings. The molecule has 0 radical (unpaired) electrons.